The number of hydrogen-bond acceptors (Lipinski definition) is 3. The van der Waals surface area contributed by atoms with Gasteiger partial charge in [0.25, 0.3) is 0 Å². The Morgan fingerprint density at radius 3 is 2.77 bits per heavy atom. The second-order valence-electron chi connectivity index (χ2n) is 6.26. The molecule has 0 saturated carbocycles. The van der Waals surface area contributed by atoms with E-state index in [4.69, 9.17) is 0 Å². The van der Waals surface area contributed by atoms with Gasteiger partial charge in [-0.05, 0) is 24.5 Å². The summed E-state index contributed by atoms with van der Waals surface area (Å²) in [5, 5.41) is 0. The molecule has 3 heterocycles. The van der Waals surface area contributed by atoms with Crippen LogP contribution >= 0.6 is 0 Å². The Balaban J connectivity index is 1.82. The number of aliphatic imine (C=N–C) groups is 1. The van der Waals surface area contributed by atoms with Crippen LogP contribution < -0.4 is 0 Å². The Morgan fingerprint density at radius 2 is 2.04 bits per heavy atom. The second kappa shape index (κ2) is 5.82. The minimum atomic E-state index is -4.53. The van der Waals surface area contributed by atoms with Crippen LogP contribution in [0.1, 0.15) is 22.4 Å². The lowest BCUT2D eigenvalue weighted by Crippen LogP contribution is -2.36. The summed E-state index contributed by atoms with van der Waals surface area (Å²) in [7, 11) is 0. The number of aryl methyl sites for hydroxylation is 1. The summed E-state index contributed by atoms with van der Waals surface area (Å²) in [6.45, 7) is 2.42. The van der Waals surface area contributed by atoms with Crippen molar-refractivity contribution in [2.45, 2.75) is 19.5 Å². The highest BCUT2D eigenvalue weighted by Gasteiger charge is 2.34. The van der Waals surface area contributed by atoms with Crippen molar-refractivity contribution >= 4 is 17.4 Å². The Kier molecular flexibility index (Phi) is 3.71. The number of amides is 1. The predicted molar refractivity (Wildman–Crippen MR) is 89.5 cm³/mol. The van der Waals surface area contributed by atoms with Crippen LogP contribution in [0.15, 0.2) is 41.8 Å². The van der Waals surface area contributed by atoms with E-state index in [1.807, 2.05) is 25.1 Å². The molecular formula is C18H15F3N4O. The number of aromatic nitrogens is 2. The lowest BCUT2D eigenvalue weighted by molar-refractivity contribution is -0.140. The molecular weight excluding hydrogens is 345 g/mol. The monoisotopic (exact) mass is 360 g/mol. The minimum absolute atomic E-state index is 0.115. The largest absolute Gasteiger partial charge is 0.434 e. The fraction of sp³-hybridized carbons (Fsp3) is 0.278. The molecule has 1 aromatic carbocycles. The third-order valence-electron chi connectivity index (χ3n) is 4.64. The summed E-state index contributed by atoms with van der Waals surface area (Å²) in [4.78, 5) is 21.7. The van der Waals surface area contributed by atoms with Crippen LogP contribution in [0.2, 0.25) is 0 Å². The number of carbonyl (C=O) groups excluding carboxylic acids is 1. The van der Waals surface area contributed by atoms with Crippen molar-refractivity contribution in [1.82, 2.24) is 14.5 Å². The summed E-state index contributed by atoms with van der Waals surface area (Å²) >= 11 is 0. The number of rotatable bonds is 0. The van der Waals surface area contributed by atoms with Gasteiger partial charge in [0.15, 0.2) is 5.69 Å². The Labute approximate surface area is 147 Å². The maximum absolute atomic E-state index is 12.8. The molecule has 0 radical (unpaired) electrons. The molecule has 1 aromatic heterocycles. The van der Waals surface area contributed by atoms with Gasteiger partial charge in [0.05, 0.1) is 5.70 Å². The number of imidazole rings is 1. The van der Waals surface area contributed by atoms with Crippen LogP contribution in [0, 0.1) is 6.92 Å². The normalized spacial score (nSPS) is 17.2. The van der Waals surface area contributed by atoms with Crippen molar-refractivity contribution in [3.63, 3.8) is 0 Å². The highest BCUT2D eigenvalue weighted by Crippen LogP contribution is 2.32. The van der Waals surface area contributed by atoms with E-state index in [9.17, 15) is 18.0 Å². The lowest BCUT2D eigenvalue weighted by atomic mass is 9.92. The average Bonchev–Trinajstić information content (AvgIpc) is 3.02. The van der Waals surface area contributed by atoms with E-state index in [1.165, 1.54) is 4.57 Å². The van der Waals surface area contributed by atoms with Crippen molar-refractivity contribution in [3.8, 4) is 0 Å². The Hall–Kier alpha value is -2.90. The standard InChI is InChI=1S/C18H15F3N4O/c1-11-3-2-4-13-12(11)5-6-25-14(13)7-16(22-8-17(25)26)24-9-15(23-10-24)18(19,20)21/h2-4,7,9-10H,5-6,8H2,1H3. The van der Waals surface area contributed by atoms with Gasteiger partial charge in [-0.15, -0.1) is 0 Å². The minimum Gasteiger partial charge on any atom is -0.310 e. The molecule has 0 fully saturated rings. The molecule has 2 aromatic rings. The summed E-state index contributed by atoms with van der Waals surface area (Å²) in [6, 6.07) is 5.84. The quantitative estimate of drug-likeness (QED) is 0.725. The molecule has 26 heavy (non-hydrogen) atoms. The molecule has 0 bridgehead atoms. The van der Waals surface area contributed by atoms with Gasteiger partial charge in [-0.25, -0.2) is 4.98 Å². The van der Waals surface area contributed by atoms with Gasteiger partial charge in [0, 0.05) is 24.4 Å². The molecule has 0 unspecified atom stereocenters. The van der Waals surface area contributed by atoms with E-state index >= 15 is 0 Å². The molecule has 2 aliphatic heterocycles. The van der Waals surface area contributed by atoms with Gasteiger partial charge in [-0.1, -0.05) is 18.2 Å². The molecule has 134 valence electrons. The van der Waals surface area contributed by atoms with Gasteiger partial charge in [0.1, 0.15) is 18.7 Å². The highest BCUT2D eigenvalue weighted by molar-refractivity contribution is 6.06. The zero-order valence-corrected chi connectivity index (χ0v) is 13.9. The summed E-state index contributed by atoms with van der Waals surface area (Å²) in [5.74, 6) is 0.0859. The van der Waals surface area contributed by atoms with Crippen LogP contribution in [-0.2, 0) is 17.4 Å². The number of benzene rings is 1. The Bertz CT molecular complexity index is 956. The van der Waals surface area contributed by atoms with Gasteiger partial charge in [-0.3, -0.25) is 14.4 Å². The number of alkyl halides is 3. The van der Waals surface area contributed by atoms with E-state index < -0.39 is 11.9 Å². The summed E-state index contributed by atoms with van der Waals surface area (Å²) < 4.78 is 39.7. The second-order valence-corrected chi connectivity index (χ2v) is 6.26. The van der Waals surface area contributed by atoms with E-state index in [0.29, 0.717) is 12.2 Å². The third-order valence-corrected chi connectivity index (χ3v) is 4.64. The first-order valence-corrected chi connectivity index (χ1v) is 8.11. The third kappa shape index (κ3) is 2.71. The molecule has 1 amide bonds. The predicted octanol–water partition coefficient (Wildman–Crippen LogP) is 2.90. The number of fused-ring (bicyclic) bond motifs is 3. The SMILES string of the molecule is Cc1cccc2c1CCN1C(=O)CN=C(n3cnc(C(F)(F)F)c3)C=C21. The first kappa shape index (κ1) is 16.6. The first-order valence-electron chi connectivity index (χ1n) is 8.11. The van der Waals surface area contributed by atoms with Gasteiger partial charge >= 0.3 is 6.18 Å². The molecule has 0 spiro atoms. The highest BCUT2D eigenvalue weighted by atomic mass is 19.4. The molecule has 0 atom stereocenters. The number of hydrogen-bond donors (Lipinski definition) is 0. The van der Waals surface area contributed by atoms with Crippen molar-refractivity contribution in [1.29, 1.82) is 0 Å². The van der Waals surface area contributed by atoms with Gasteiger partial charge in [0.2, 0.25) is 5.91 Å². The van der Waals surface area contributed by atoms with Crippen LogP contribution in [0.4, 0.5) is 13.2 Å². The van der Waals surface area contributed by atoms with Crippen LogP contribution in [0.5, 0.6) is 0 Å². The zero-order chi connectivity index (χ0) is 18.5. The van der Waals surface area contributed by atoms with Gasteiger partial charge in [-0.2, -0.15) is 13.2 Å². The maximum atomic E-state index is 12.8. The first-order chi connectivity index (χ1) is 12.3. The van der Waals surface area contributed by atoms with E-state index in [2.05, 4.69) is 9.98 Å². The fourth-order valence-corrected chi connectivity index (χ4v) is 3.33. The van der Waals surface area contributed by atoms with E-state index in [-0.39, 0.29) is 18.3 Å². The van der Waals surface area contributed by atoms with Crippen molar-refractivity contribution in [2.75, 3.05) is 13.1 Å². The summed E-state index contributed by atoms with van der Waals surface area (Å²) in [6.07, 6.45) is -0.178. The van der Waals surface area contributed by atoms with E-state index in [1.54, 1.807) is 11.0 Å². The summed E-state index contributed by atoms with van der Waals surface area (Å²) in [5.41, 5.74) is 2.85. The molecule has 0 saturated heterocycles. The van der Waals surface area contributed by atoms with Crippen LogP contribution in [0.25, 0.3) is 5.70 Å². The fourth-order valence-electron chi connectivity index (χ4n) is 3.33. The number of allylic oxidation sites excluding steroid dienone is 1. The Morgan fingerprint density at radius 1 is 1.23 bits per heavy atom. The van der Waals surface area contributed by atoms with Crippen LogP contribution in [-0.4, -0.2) is 39.3 Å². The molecule has 2 aliphatic rings. The van der Waals surface area contributed by atoms with Crippen molar-refractivity contribution < 1.29 is 18.0 Å². The molecule has 5 nitrogen and oxygen atoms in total. The van der Waals surface area contributed by atoms with E-state index in [0.717, 1.165) is 35.6 Å². The molecule has 8 heteroatoms. The van der Waals surface area contributed by atoms with Crippen molar-refractivity contribution in [2.24, 2.45) is 4.99 Å². The molecule has 4 rings (SSSR count). The number of nitrogens with zero attached hydrogens (tertiary/aromatic N) is 4. The van der Waals surface area contributed by atoms with Crippen LogP contribution in [0.3, 0.4) is 0 Å². The maximum Gasteiger partial charge on any atom is 0.434 e. The topological polar surface area (TPSA) is 50.5 Å². The molecule has 0 N–H and O–H groups in total. The van der Waals surface area contributed by atoms with Crippen molar-refractivity contribution in [3.05, 3.63) is 59.2 Å². The molecule has 0 aliphatic carbocycles. The smallest absolute Gasteiger partial charge is 0.310 e. The number of halogens is 3. The lowest BCUT2D eigenvalue weighted by Gasteiger charge is -2.31. The average molecular weight is 360 g/mol. The number of carbonyl (C=O) groups is 1. The van der Waals surface area contributed by atoms with Gasteiger partial charge < -0.3 is 4.90 Å². The zero-order valence-electron chi connectivity index (χ0n) is 13.9.